The fourth-order valence-electron chi connectivity index (χ4n) is 2.64. The third-order valence-corrected chi connectivity index (χ3v) is 4.47. The van der Waals surface area contributed by atoms with Gasteiger partial charge in [0.25, 0.3) is 0 Å². The molecule has 0 radical (unpaired) electrons. The summed E-state index contributed by atoms with van der Waals surface area (Å²) in [4.78, 5) is 19.1. The summed E-state index contributed by atoms with van der Waals surface area (Å²) in [6, 6.07) is 5.94. The molecule has 2 rings (SSSR count). The Morgan fingerprint density at radius 1 is 1.24 bits per heavy atom. The summed E-state index contributed by atoms with van der Waals surface area (Å²) in [5.41, 5.74) is 1.27. The van der Waals surface area contributed by atoms with Gasteiger partial charge in [-0.2, -0.15) is 0 Å². The molecule has 1 saturated heterocycles. The lowest BCUT2D eigenvalue weighted by Gasteiger charge is -2.32. The van der Waals surface area contributed by atoms with Crippen molar-refractivity contribution in [3.8, 4) is 0 Å². The van der Waals surface area contributed by atoms with E-state index in [4.69, 9.17) is 38.2 Å². The quantitative estimate of drug-likeness (QED) is 0.669. The Balaban J connectivity index is 0.000000333. The zero-order chi connectivity index (χ0) is 18.8. The first kappa shape index (κ1) is 21.4. The van der Waals surface area contributed by atoms with Crippen LogP contribution in [0.25, 0.3) is 0 Å². The lowest BCUT2D eigenvalue weighted by molar-refractivity contribution is -0.134. The monoisotopic (exact) mass is 389 g/mol. The molecule has 0 unspecified atom stereocenters. The zero-order valence-corrected chi connectivity index (χ0v) is 15.3. The van der Waals surface area contributed by atoms with E-state index in [-0.39, 0.29) is 0 Å². The molecule has 1 aromatic carbocycles. The lowest BCUT2D eigenvalue weighted by atomic mass is 9.81. The van der Waals surface area contributed by atoms with Crippen molar-refractivity contribution < 1.29 is 24.5 Å². The number of hydrogen-bond donors (Lipinski definition) is 3. The van der Waals surface area contributed by atoms with Gasteiger partial charge in [0, 0.05) is 31.7 Å². The summed E-state index contributed by atoms with van der Waals surface area (Å²) in [7, 11) is 1.75. The first-order chi connectivity index (χ1) is 11.8. The van der Waals surface area contributed by atoms with Crippen LogP contribution in [0.2, 0.25) is 10.0 Å². The maximum absolute atomic E-state index is 9.55. The third-order valence-electron chi connectivity index (χ3n) is 3.73. The van der Waals surface area contributed by atoms with E-state index in [0.29, 0.717) is 34.0 Å². The van der Waals surface area contributed by atoms with Crippen molar-refractivity contribution in [3.63, 3.8) is 0 Å². The molecule has 1 aliphatic rings. The van der Waals surface area contributed by atoms with Crippen LogP contribution in [-0.2, 0) is 14.3 Å². The summed E-state index contributed by atoms with van der Waals surface area (Å²) in [5, 5.41) is 20.3. The predicted octanol–water partition coefficient (Wildman–Crippen LogP) is 3.04. The number of halogens is 2. The zero-order valence-electron chi connectivity index (χ0n) is 13.7. The first-order valence-electron chi connectivity index (χ1n) is 7.63. The largest absolute Gasteiger partial charge is 0.478 e. The number of piperidine rings is 1. The molecular formula is C17H21Cl2NO5. The molecule has 25 heavy (non-hydrogen) atoms. The number of carboxylic acids is 2. The minimum atomic E-state index is -1.26. The predicted molar refractivity (Wildman–Crippen MR) is 96.5 cm³/mol. The third kappa shape index (κ3) is 7.88. The molecular weight excluding hydrogens is 369 g/mol. The molecule has 0 amide bonds. The van der Waals surface area contributed by atoms with Crippen LogP contribution in [-0.4, -0.2) is 49.0 Å². The van der Waals surface area contributed by atoms with E-state index in [1.165, 1.54) is 5.56 Å². The van der Waals surface area contributed by atoms with Gasteiger partial charge in [0.1, 0.15) is 0 Å². The van der Waals surface area contributed by atoms with Crippen molar-refractivity contribution >= 4 is 35.1 Å². The molecule has 1 heterocycles. The number of aliphatic carboxylic acids is 2. The van der Waals surface area contributed by atoms with E-state index in [1.807, 2.05) is 12.1 Å². The van der Waals surface area contributed by atoms with Gasteiger partial charge in [-0.25, -0.2) is 9.59 Å². The topological polar surface area (TPSA) is 95.9 Å². The van der Waals surface area contributed by atoms with Crippen LogP contribution >= 0.6 is 23.2 Å². The van der Waals surface area contributed by atoms with E-state index < -0.39 is 11.9 Å². The fraction of sp³-hybridized carbons (Fsp3) is 0.412. The molecule has 0 saturated carbocycles. The standard InChI is InChI=1S/C13H17Cl2NO.C4H4O4/c1-17-8-10-7-16-5-4-11(10)9-2-3-12(14)13(15)6-9;5-3(6)1-2-4(7)8/h2-3,6,10-11,16H,4-5,7-8H2,1H3;1-2H,(H,5,6)(H,7,8)/b;2-1+/t10-,11+;/m1./s1. The molecule has 8 heteroatoms. The highest BCUT2D eigenvalue weighted by Gasteiger charge is 2.26. The van der Waals surface area contributed by atoms with Gasteiger partial charge in [-0.05, 0) is 36.6 Å². The van der Waals surface area contributed by atoms with Gasteiger partial charge in [-0.3, -0.25) is 0 Å². The minimum Gasteiger partial charge on any atom is -0.478 e. The molecule has 1 aromatic rings. The van der Waals surface area contributed by atoms with Crippen molar-refractivity contribution in [3.05, 3.63) is 46.0 Å². The average Bonchev–Trinajstić information content (AvgIpc) is 2.57. The second-order valence-corrected chi connectivity index (χ2v) is 6.31. The smallest absolute Gasteiger partial charge is 0.328 e. The molecule has 0 bridgehead atoms. The molecule has 138 valence electrons. The summed E-state index contributed by atoms with van der Waals surface area (Å²) in [6.07, 6.45) is 2.23. The number of rotatable bonds is 5. The Morgan fingerprint density at radius 3 is 2.40 bits per heavy atom. The van der Waals surface area contributed by atoms with E-state index in [9.17, 15) is 9.59 Å². The number of carbonyl (C=O) groups is 2. The molecule has 0 aliphatic carbocycles. The number of carboxylic acid groups (broad SMARTS) is 2. The van der Waals surface area contributed by atoms with Crippen molar-refractivity contribution in [2.24, 2.45) is 5.92 Å². The number of hydrogen-bond acceptors (Lipinski definition) is 4. The molecule has 0 spiro atoms. The van der Waals surface area contributed by atoms with Gasteiger partial charge in [0.15, 0.2) is 0 Å². The van der Waals surface area contributed by atoms with Crippen molar-refractivity contribution in [1.29, 1.82) is 0 Å². The highest BCUT2D eigenvalue weighted by molar-refractivity contribution is 6.42. The summed E-state index contributed by atoms with van der Waals surface area (Å²) in [5.74, 6) is -1.50. The number of nitrogens with one attached hydrogen (secondary N) is 1. The Labute approximate surface area is 156 Å². The normalized spacial score (nSPS) is 20.0. The number of ether oxygens (including phenoxy) is 1. The molecule has 0 aromatic heterocycles. The van der Waals surface area contributed by atoms with Gasteiger partial charge in [-0.1, -0.05) is 29.3 Å². The summed E-state index contributed by atoms with van der Waals surface area (Å²) >= 11 is 12.0. The summed E-state index contributed by atoms with van der Waals surface area (Å²) < 4.78 is 5.29. The SMILES string of the molecule is COC[C@H]1CNCC[C@H]1c1ccc(Cl)c(Cl)c1.O=C(O)/C=C/C(=O)O. The maximum Gasteiger partial charge on any atom is 0.328 e. The van der Waals surface area contributed by atoms with E-state index in [1.54, 1.807) is 7.11 Å². The highest BCUT2D eigenvalue weighted by Crippen LogP contribution is 2.34. The maximum atomic E-state index is 9.55. The Kier molecular flexibility index (Phi) is 9.52. The highest BCUT2D eigenvalue weighted by atomic mass is 35.5. The molecule has 2 atom stereocenters. The first-order valence-corrected chi connectivity index (χ1v) is 8.39. The Morgan fingerprint density at radius 2 is 1.88 bits per heavy atom. The van der Waals surface area contributed by atoms with Crippen LogP contribution in [0.1, 0.15) is 17.9 Å². The van der Waals surface area contributed by atoms with Crippen LogP contribution in [0, 0.1) is 5.92 Å². The molecule has 1 aliphatic heterocycles. The molecule has 1 fully saturated rings. The molecule has 3 N–H and O–H groups in total. The second-order valence-electron chi connectivity index (χ2n) is 5.50. The van der Waals surface area contributed by atoms with Crippen LogP contribution in [0.4, 0.5) is 0 Å². The second kappa shape index (κ2) is 11.1. The van der Waals surface area contributed by atoms with Gasteiger partial charge >= 0.3 is 11.9 Å². The van der Waals surface area contributed by atoms with Gasteiger partial charge < -0.3 is 20.3 Å². The van der Waals surface area contributed by atoms with Gasteiger partial charge in [0.2, 0.25) is 0 Å². The Hall–Kier alpha value is -1.60. The van der Waals surface area contributed by atoms with E-state index in [0.717, 1.165) is 26.1 Å². The number of methoxy groups -OCH3 is 1. The van der Waals surface area contributed by atoms with Crippen LogP contribution < -0.4 is 5.32 Å². The van der Waals surface area contributed by atoms with Gasteiger partial charge in [-0.15, -0.1) is 0 Å². The van der Waals surface area contributed by atoms with Crippen molar-refractivity contribution in [2.75, 3.05) is 26.8 Å². The van der Waals surface area contributed by atoms with E-state index in [2.05, 4.69) is 11.4 Å². The van der Waals surface area contributed by atoms with Crippen molar-refractivity contribution in [2.45, 2.75) is 12.3 Å². The Bertz CT molecular complexity index is 603. The molecule has 6 nitrogen and oxygen atoms in total. The fourth-order valence-corrected chi connectivity index (χ4v) is 2.94. The minimum absolute atomic E-state index is 0.506. The summed E-state index contributed by atoms with van der Waals surface area (Å²) in [6.45, 7) is 2.82. The van der Waals surface area contributed by atoms with E-state index >= 15 is 0 Å². The van der Waals surface area contributed by atoms with Crippen LogP contribution in [0.15, 0.2) is 30.4 Å². The van der Waals surface area contributed by atoms with Gasteiger partial charge in [0.05, 0.1) is 16.7 Å². The average molecular weight is 390 g/mol. The number of benzene rings is 1. The van der Waals surface area contributed by atoms with Crippen LogP contribution in [0.3, 0.4) is 0 Å². The van der Waals surface area contributed by atoms with Crippen molar-refractivity contribution in [1.82, 2.24) is 5.32 Å². The van der Waals surface area contributed by atoms with Crippen LogP contribution in [0.5, 0.6) is 0 Å². The lowest BCUT2D eigenvalue weighted by Crippen LogP contribution is -2.37.